The number of ether oxygens (including phenoxy) is 1. The highest BCUT2D eigenvalue weighted by molar-refractivity contribution is 5.89. The van der Waals surface area contributed by atoms with Gasteiger partial charge < -0.3 is 19.8 Å². The van der Waals surface area contributed by atoms with Gasteiger partial charge in [0.15, 0.2) is 0 Å². The second kappa shape index (κ2) is 13.8. The monoisotopic (exact) mass is 477 g/mol. The number of hydrogen-bond donors (Lipinski definition) is 2. The molecule has 7 heteroatoms. The third kappa shape index (κ3) is 7.86. The van der Waals surface area contributed by atoms with Crippen molar-refractivity contribution in [3.05, 3.63) is 96.6 Å². The van der Waals surface area contributed by atoms with Crippen molar-refractivity contribution in [1.82, 2.24) is 10.2 Å². The molecule has 0 aliphatic carbocycles. The van der Waals surface area contributed by atoms with Gasteiger partial charge >= 0.3 is 0 Å². The summed E-state index contributed by atoms with van der Waals surface area (Å²) < 4.78 is 5.26. The summed E-state index contributed by atoms with van der Waals surface area (Å²) in [7, 11) is 1.58. The molecule has 35 heavy (non-hydrogen) atoms. The lowest BCUT2D eigenvalue weighted by Gasteiger charge is -2.35. The summed E-state index contributed by atoms with van der Waals surface area (Å²) in [6, 6.07) is 13.4. The molecule has 0 aliphatic rings. The fourth-order valence-electron chi connectivity index (χ4n) is 3.71. The summed E-state index contributed by atoms with van der Waals surface area (Å²) in [5, 5.41) is 2.95. The highest BCUT2D eigenvalue weighted by atomic mass is 16.6. The van der Waals surface area contributed by atoms with E-state index in [1.54, 1.807) is 54.5 Å². The number of nitrogens with one attached hydrogen (secondary N) is 1. The molecular weight excluding hydrogens is 442 g/mol. The average molecular weight is 478 g/mol. The molecule has 0 spiro atoms. The molecule has 0 aromatic heterocycles. The largest absolute Gasteiger partial charge is 0.497 e. The number of methoxy groups -OCH3 is 1. The topological polar surface area (TPSA) is 93.9 Å². The van der Waals surface area contributed by atoms with E-state index in [1.807, 2.05) is 38.1 Å². The Morgan fingerprint density at radius 2 is 1.69 bits per heavy atom. The molecule has 2 aromatic rings. The maximum atomic E-state index is 13.5. The van der Waals surface area contributed by atoms with E-state index in [0.29, 0.717) is 23.5 Å². The molecule has 0 aliphatic heterocycles. The number of hydrogen-bond acceptors (Lipinski definition) is 5. The average Bonchev–Trinajstić information content (AvgIpc) is 2.88. The van der Waals surface area contributed by atoms with E-state index in [2.05, 4.69) is 18.5 Å². The van der Waals surface area contributed by atoms with Crippen LogP contribution in [-0.2, 0) is 16.0 Å². The van der Waals surface area contributed by atoms with Crippen LogP contribution in [0.25, 0.3) is 0 Å². The maximum Gasteiger partial charge on any atom is 0.247 e. The lowest BCUT2D eigenvalue weighted by Crippen LogP contribution is -2.47. The molecule has 0 fully saturated rings. The van der Waals surface area contributed by atoms with Crippen molar-refractivity contribution in [1.29, 1.82) is 0 Å². The second-order valence-electron chi connectivity index (χ2n) is 8.23. The molecule has 1 unspecified atom stereocenters. The van der Waals surface area contributed by atoms with Crippen LogP contribution in [0.3, 0.4) is 0 Å². The Morgan fingerprint density at radius 3 is 2.20 bits per heavy atom. The molecule has 0 saturated carbocycles. The maximum absolute atomic E-state index is 13.5. The minimum absolute atomic E-state index is 0.124. The van der Waals surface area contributed by atoms with E-state index in [4.69, 9.17) is 15.5 Å². The number of amides is 2. The summed E-state index contributed by atoms with van der Waals surface area (Å²) in [4.78, 5) is 33.3. The minimum Gasteiger partial charge on any atom is -0.497 e. The van der Waals surface area contributed by atoms with Crippen LogP contribution in [0.2, 0.25) is 0 Å². The predicted molar refractivity (Wildman–Crippen MR) is 139 cm³/mol. The van der Waals surface area contributed by atoms with Gasteiger partial charge in [-0.25, -0.2) is 0 Å². The lowest BCUT2D eigenvalue weighted by molar-refractivity contribution is -0.142. The van der Waals surface area contributed by atoms with Gasteiger partial charge in [-0.15, -0.1) is 0 Å². The standard InChI is InChI=1S/C28H35N3O4/c1-6-8-21(7-2)19-30-28(33)27(23-12-16-24(34-5)17-13-23)31(20(3)4)26(32)18-11-22-9-14-25(35-29)15-10-22/h6-10,12-17,20,27H,1-2,11,18-19,29H2,3-5H3,(H,30,33)/b21-8+. The Hall–Kier alpha value is -3.84. The van der Waals surface area contributed by atoms with Crippen molar-refractivity contribution in [2.24, 2.45) is 5.90 Å². The van der Waals surface area contributed by atoms with Crippen LogP contribution in [0.4, 0.5) is 0 Å². The minimum atomic E-state index is -0.809. The molecule has 2 rings (SSSR count). The first-order valence-corrected chi connectivity index (χ1v) is 11.5. The Morgan fingerprint density at radius 1 is 1.06 bits per heavy atom. The molecule has 0 radical (unpaired) electrons. The summed E-state index contributed by atoms with van der Waals surface area (Å²) >= 11 is 0. The highest BCUT2D eigenvalue weighted by Gasteiger charge is 2.33. The molecule has 0 bridgehead atoms. The SMILES string of the molecule is C=C/C=C(\C=C)CNC(=O)C(c1ccc(OC)cc1)N(C(=O)CCc1ccc(ON)cc1)C(C)C. The number of aryl methyl sites for hydroxylation is 1. The zero-order valence-corrected chi connectivity index (χ0v) is 20.7. The first-order chi connectivity index (χ1) is 16.8. The fraction of sp³-hybridized carbons (Fsp3) is 0.286. The molecule has 1 atom stereocenters. The molecule has 2 aromatic carbocycles. The first-order valence-electron chi connectivity index (χ1n) is 11.5. The predicted octanol–water partition coefficient (Wildman–Crippen LogP) is 4.27. The van der Waals surface area contributed by atoms with Crippen LogP contribution in [-0.4, -0.2) is 36.4 Å². The van der Waals surface area contributed by atoms with Crippen LogP contribution >= 0.6 is 0 Å². The number of rotatable bonds is 13. The Kier molecular flexibility index (Phi) is 10.8. The first kappa shape index (κ1) is 27.4. The third-order valence-electron chi connectivity index (χ3n) is 5.55. The number of allylic oxidation sites excluding steroid dienone is 2. The van der Waals surface area contributed by atoms with E-state index in [9.17, 15) is 9.59 Å². The zero-order chi connectivity index (χ0) is 25.8. The Labute approximate surface area is 207 Å². The molecule has 3 N–H and O–H groups in total. The lowest BCUT2D eigenvalue weighted by atomic mass is 10.0. The van der Waals surface area contributed by atoms with Gasteiger partial charge in [0, 0.05) is 19.0 Å². The quantitative estimate of drug-likeness (QED) is 0.332. The van der Waals surface area contributed by atoms with E-state index in [0.717, 1.165) is 11.1 Å². The van der Waals surface area contributed by atoms with Gasteiger partial charge in [-0.05, 0) is 61.2 Å². The van der Waals surface area contributed by atoms with E-state index < -0.39 is 6.04 Å². The van der Waals surface area contributed by atoms with Crippen LogP contribution < -0.4 is 20.8 Å². The number of nitrogens with zero attached hydrogens (tertiary/aromatic N) is 1. The summed E-state index contributed by atoms with van der Waals surface area (Å²) in [6.45, 7) is 11.5. The molecule has 0 heterocycles. The van der Waals surface area contributed by atoms with E-state index >= 15 is 0 Å². The summed E-state index contributed by atoms with van der Waals surface area (Å²) in [5.74, 6) is 5.99. The van der Waals surface area contributed by atoms with Gasteiger partial charge in [0.05, 0.1) is 7.11 Å². The van der Waals surface area contributed by atoms with Crippen molar-refractivity contribution in [3.63, 3.8) is 0 Å². The number of carbonyl (C=O) groups is 2. The van der Waals surface area contributed by atoms with E-state index in [1.165, 1.54) is 0 Å². The molecule has 7 nitrogen and oxygen atoms in total. The normalized spacial score (nSPS) is 12.0. The van der Waals surface area contributed by atoms with Crippen molar-refractivity contribution >= 4 is 11.8 Å². The smallest absolute Gasteiger partial charge is 0.247 e. The summed E-state index contributed by atoms with van der Waals surface area (Å²) in [6.07, 6.45) is 5.85. The van der Waals surface area contributed by atoms with Crippen LogP contribution in [0.1, 0.15) is 37.4 Å². The molecular formula is C28H35N3O4. The van der Waals surface area contributed by atoms with Crippen molar-refractivity contribution in [2.45, 2.75) is 38.8 Å². The van der Waals surface area contributed by atoms with E-state index in [-0.39, 0.29) is 30.8 Å². The Bertz CT molecular complexity index is 1030. The molecule has 2 amide bonds. The van der Waals surface area contributed by atoms with Crippen molar-refractivity contribution in [2.75, 3.05) is 13.7 Å². The van der Waals surface area contributed by atoms with Crippen molar-refractivity contribution in [3.8, 4) is 11.5 Å². The number of carbonyl (C=O) groups excluding carboxylic acids is 2. The van der Waals surface area contributed by atoms with Gasteiger partial charge in [0.2, 0.25) is 11.8 Å². The Balaban J connectivity index is 2.31. The van der Waals surface area contributed by atoms with Gasteiger partial charge in [-0.2, -0.15) is 5.90 Å². The van der Waals surface area contributed by atoms with Gasteiger partial charge in [-0.1, -0.05) is 55.7 Å². The van der Waals surface area contributed by atoms with Gasteiger partial charge in [0.25, 0.3) is 0 Å². The van der Waals surface area contributed by atoms with Crippen LogP contribution in [0, 0.1) is 0 Å². The van der Waals surface area contributed by atoms with Crippen LogP contribution in [0.5, 0.6) is 11.5 Å². The zero-order valence-electron chi connectivity index (χ0n) is 20.7. The number of benzene rings is 2. The third-order valence-corrected chi connectivity index (χ3v) is 5.55. The van der Waals surface area contributed by atoms with Gasteiger partial charge in [-0.3, -0.25) is 9.59 Å². The number of nitrogens with two attached hydrogens (primary N) is 1. The van der Waals surface area contributed by atoms with Crippen molar-refractivity contribution < 1.29 is 19.2 Å². The highest BCUT2D eigenvalue weighted by Crippen LogP contribution is 2.27. The van der Waals surface area contributed by atoms with Gasteiger partial charge in [0.1, 0.15) is 17.5 Å². The second-order valence-corrected chi connectivity index (χ2v) is 8.23. The fourth-order valence-corrected chi connectivity index (χ4v) is 3.71. The summed E-state index contributed by atoms with van der Waals surface area (Å²) in [5.41, 5.74) is 2.48. The molecule has 186 valence electrons. The van der Waals surface area contributed by atoms with Crippen LogP contribution in [0.15, 0.2) is 85.5 Å². The molecule has 0 saturated heterocycles.